The van der Waals surface area contributed by atoms with E-state index < -0.39 is 0 Å². The molecule has 1 atom stereocenters. The summed E-state index contributed by atoms with van der Waals surface area (Å²) in [4.78, 5) is 22.3. The number of H-pyrrole nitrogens is 1. The lowest BCUT2D eigenvalue weighted by atomic mass is 10.1. The van der Waals surface area contributed by atoms with Crippen LogP contribution in [0.15, 0.2) is 48.5 Å². The molecule has 1 aliphatic heterocycles. The van der Waals surface area contributed by atoms with Gasteiger partial charge in [-0.05, 0) is 43.3 Å². The normalized spacial score (nSPS) is 17.6. The highest BCUT2D eigenvalue weighted by Crippen LogP contribution is 2.32. The first-order valence-corrected chi connectivity index (χ1v) is 8.22. The van der Waals surface area contributed by atoms with Crippen LogP contribution in [0.4, 0.5) is 5.69 Å². The average Bonchev–Trinajstić information content (AvgIpc) is 3.19. The van der Waals surface area contributed by atoms with Crippen molar-refractivity contribution in [2.24, 2.45) is 0 Å². The highest BCUT2D eigenvalue weighted by Gasteiger charge is 2.33. The molecule has 1 N–H and O–H groups in total. The molecule has 0 aliphatic carbocycles. The van der Waals surface area contributed by atoms with Crippen molar-refractivity contribution in [2.45, 2.75) is 19.3 Å². The van der Waals surface area contributed by atoms with Crippen LogP contribution in [0.2, 0.25) is 0 Å². The van der Waals surface area contributed by atoms with Crippen LogP contribution in [-0.4, -0.2) is 29.0 Å². The molecule has 5 nitrogen and oxygen atoms in total. The number of imidazole rings is 1. The molecule has 0 saturated carbocycles. The Bertz CT molecular complexity index is 837. The molecule has 4 rings (SSSR count). The zero-order valence-electron chi connectivity index (χ0n) is 13.5. The van der Waals surface area contributed by atoms with Gasteiger partial charge in [0.15, 0.2) is 0 Å². The molecule has 2 aromatic carbocycles. The minimum Gasteiger partial charge on any atom is -0.494 e. The van der Waals surface area contributed by atoms with Gasteiger partial charge in [0.05, 0.1) is 17.6 Å². The standard InChI is InChI=1S/C19H19N3O2/c1-2-24-15-9-7-14(8-10-15)22-12-13(11-18(22)23)19-20-16-5-3-4-6-17(16)21-19/h3-10,13H,2,11-12H2,1H3,(H,20,21)/t13-/m0/s1. The first-order chi connectivity index (χ1) is 11.7. The summed E-state index contributed by atoms with van der Waals surface area (Å²) < 4.78 is 5.46. The summed E-state index contributed by atoms with van der Waals surface area (Å²) in [6, 6.07) is 15.6. The summed E-state index contributed by atoms with van der Waals surface area (Å²) in [5.74, 6) is 1.93. The van der Waals surface area contributed by atoms with E-state index in [2.05, 4.69) is 9.97 Å². The molecule has 1 saturated heterocycles. The van der Waals surface area contributed by atoms with E-state index in [9.17, 15) is 4.79 Å². The highest BCUT2D eigenvalue weighted by atomic mass is 16.5. The zero-order chi connectivity index (χ0) is 16.5. The first-order valence-electron chi connectivity index (χ1n) is 8.22. The Morgan fingerprint density at radius 2 is 2.00 bits per heavy atom. The van der Waals surface area contributed by atoms with Crippen LogP contribution in [0.3, 0.4) is 0 Å². The molecule has 1 fully saturated rings. The van der Waals surface area contributed by atoms with Gasteiger partial charge in [-0.25, -0.2) is 4.98 Å². The number of hydrogen-bond acceptors (Lipinski definition) is 3. The lowest BCUT2D eigenvalue weighted by Crippen LogP contribution is -2.24. The van der Waals surface area contributed by atoms with E-state index in [1.165, 1.54) is 0 Å². The zero-order valence-corrected chi connectivity index (χ0v) is 13.5. The molecule has 122 valence electrons. The monoisotopic (exact) mass is 321 g/mol. The third-order valence-corrected chi connectivity index (χ3v) is 4.38. The molecule has 0 unspecified atom stereocenters. The molecular weight excluding hydrogens is 302 g/mol. The van der Waals surface area contributed by atoms with Crippen molar-refractivity contribution in [2.75, 3.05) is 18.1 Å². The van der Waals surface area contributed by atoms with Crippen molar-refractivity contribution in [1.29, 1.82) is 0 Å². The third kappa shape index (κ3) is 2.62. The number of fused-ring (bicyclic) bond motifs is 1. The second-order valence-electron chi connectivity index (χ2n) is 5.97. The lowest BCUT2D eigenvalue weighted by Gasteiger charge is -2.16. The Morgan fingerprint density at radius 3 is 2.75 bits per heavy atom. The van der Waals surface area contributed by atoms with E-state index in [1.807, 2.05) is 60.4 Å². The fraction of sp³-hybridized carbons (Fsp3) is 0.263. The van der Waals surface area contributed by atoms with Gasteiger partial charge in [0.1, 0.15) is 11.6 Å². The van der Waals surface area contributed by atoms with Gasteiger partial charge in [-0.15, -0.1) is 0 Å². The van der Waals surface area contributed by atoms with Crippen molar-refractivity contribution in [3.05, 3.63) is 54.4 Å². The van der Waals surface area contributed by atoms with Crippen molar-refractivity contribution in [1.82, 2.24) is 9.97 Å². The minimum absolute atomic E-state index is 0.0940. The molecule has 1 aliphatic rings. The number of amides is 1. The highest BCUT2D eigenvalue weighted by molar-refractivity contribution is 5.96. The van der Waals surface area contributed by atoms with Gasteiger partial charge in [0, 0.05) is 24.6 Å². The molecule has 5 heteroatoms. The van der Waals surface area contributed by atoms with E-state index >= 15 is 0 Å². The fourth-order valence-corrected chi connectivity index (χ4v) is 3.20. The first kappa shape index (κ1) is 14.8. The van der Waals surface area contributed by atoms with Gasteiger partial charge in [-0.1, -0.05) is 12.1 Å². The maximum absolute atomic E-state index is 12.4. The SMILES string of the molecule is CCOc1ccc(N2C[C@@H](c3nc4ccccc4[nH]3)CC2=O)cc1. The van der Waals surface area contributed by atoms with Crippen molar-refractivity contribution < 1.29 is 9.53 Å². The molecule has 0 bridgehead atoms. The Kier molecular flexibility index (Phi) is 3.69. The Morgan fingerprint density at radius 1 is 1.21 bits per heavy atom. The van der Waals surface area contributed by atoms with Gasteiger partial charge in [0.25, 0.3) is 0 Å². The predicted molar refractivity (Wildman–Crippen MR) is 93.4 cm³/mol. The summed E-state index contributed by atoms with van der Waals surface area (Å²) in [6.07, 6.45) is 0.479. The Labute approximate surface area is 140 Å². The van der Waals surface area contributed by atoms with Crippen LogP contribution >= 0.6 is 0 Å². The van der Waals surface area contributed by atoms with Gasteiger partial charge >= 0.3 is 0 Å². The number of nitrogens with one attached hydrogen (secondary N) is 1. The fourth-order valence-electron chi connectivity index (χ4n) is 3.20. The quantitative estimate of drug-likeness (QED) is 0.800. The van der Waals surface area contributed by atoms with Crippen molar-refractivity contribution in [3.8, 4) is 5.75 Å². The maximum atomic E-state index is 12.4. The number of carbonyl (C=O) groups excluding carboxylic acids is 1. The molecule has 3 aromatic rings. The summed E-state index contributed by atoms with van der Waals surface area (Å²) in [5, 5.41) is 0. The largest absolute Gasteiger partial charge is 0.494 e. The predicted octanol–water partition coefficient (Wildman–Crippen LogP) is 3.48. The summed E-state index contributed by atoms with van der Waals surface area (Å²) in [7, 11) is 0. The molecular formula is C19H19N3O2. The number of anilines is 1. The number of aromatic nitrogens is 2. The van der Waals surface area contributed by atoms with Gasteiger partial charge in [0.2, 0.25) is 5.91 Å². The van der Waals surface area contributed by atoms with Gasteiger partial charge in [-0.3, -0.25) is 4.79 Å². The topological polar surface area (TPSA) is 58.2 Å². The van der Waals surface area contributed by atoms with E-state index in [0.717, 1.165) is 28.3 Å². The number of ether oxygens (including phenoxy) is 1. The maximum Gasteiger partial charge on any atom is 0.227 e. The van der Waals surface area contributed by atoms with Gasteiger partial charge < -0.3 is 14.6 Å². The minimum atomic E-state index is 0.0940. The molecule has 1 amide bonds. The second-order valence-corrected chi connectivity index (χ2v) is 5.97. The van der Waals surface area contributed by atoms with Crippen LogP contribution in [-0.2, 0) is 4.79 Å². The molecule has 1 aromatic heterocycles. The number of hydrogen-bond donors (Lipinski definition) is 1. The number of rotatable bonds is 4. The average molecular weight is 321 g/mol. The van der Waals surface area contributed by atoms with E-state index in [-0.39, 0.29) is 11.8 Å². The number of benzene rings is 2. The van der Waals surface area contributed by atoms with Crippen LogP contribution in [0.1, 0.15) is 25.1 Å². The van der Waals surface area contributed by atoms with Crippen LogP contribution in [0.25, 0.3) is 11.0 Å². The number of nitrogens with zero attached hydrogens (tertiary/aromatic N) is 2. The van der Waals surface area contributed by atoms with E-state index in [0.29, 0.717) is 19.6 Å². The molecule has 24 heavy (non-hydrogen) atoms. The molecule has 0 spiro atoms. The third-order valence-electron chi connectivity index (χ3n) is 4.38. The second kappa shape index (κ2) is 6.00. The van der Waals surface area contributed by atoms with Crippen molar-refractivity contribution in [3.63, 3.8) is 0 Å². The van der Waals surface area contributed by atoms with Crippen LogP contribution < -0.4 is 9.64 Å². The number of para-hydroxylation sites is 2. The van der Waals surface area contributed by atoms with E-state index in [4.69, 9.17) is 4.74 Å². The van der Waals surface area contributed by atoms with Crippen molar-refractivity contribution >= 4 is 22.6 Å². The van der Waals surface area contributed by atoms with Crippen LogP contribution in [0.5, 0.6) is 5.75 Å². The summed E-state index contributed by atoms with van der Waals surface area (Å²) in [6.45, 7) is 3.23. The molecule has 0 radical (unpaired) electrons. The Hall–Kier alpha value is -2.82. The van der Waals surface area contributed by atoms with E-state index in [1.54, 1.807) is 0 Å². The molecule has 2 heterocycles. The summed E-state index contributed by atoms with van der Waals surface area (Å²) in [5.41, 5.74) is 2.86. The Balaban J connectivity index is 1.56. The van der Waals surface area contributed by atoms with Gasteiger partial charge in [-0.2, -0.15) is 0 Å². The number of carbonyl (C=O) groups is 1. The van der Waals surface area contributed by atoms with Crippen LogP contribution in [0, 0.1) is 0 Å². The smallest absolute Gasteiger partial charge is 0.227 e. The summed E-state index contributed by atoms with van der Waals surface area (Å²) >= 11 is 0. The number of aromatic amines is 1. The lowest BCUT2D eigenvalue weighted by molar-refractivity contribution is -0.117.